The highest BCUT2D eigenvalue weighted by atomic mass is 16.3. The third-order valence-corrected chi connectivity index (χ3v) is 4.86. The summed E-state index contributed by atoms with van der Waals surface area (Å²) >= 11 is 0. The molecule has 0 aliphatic heterocycles. The topological polar surface area (TPSA) is 66.4 Å². The van der Waals surface area contributed by atoms with Crippen molar-refractivity contribution in [1.82, 2.24) is 5.32 Å². The fraction of sp³-hybridized carbons (Fsp3) is 0.579. The molecule has 23 heavy (non-hydrogen) atoms. The summed E-state index contributed by atoms with van der Waals surface area (Å²) in [6.07, 6.45) is 4.33. The summed E-state index contributed by atoms with van der Waals surface area (Å²) in [6, 6.07) is 5.62. The molecule has 0 spiro atoms. The van der Waals surface area contributed by atoms with Gasteiger partial charge in [-0.15, -0.1) is 0 Å². The largest absolute Gasteiger partial charge is 0.391 e. The van der Waals surface area contributed by atoms with E-state index in [9.17, 15) is 14.7 Å². The first-order chi connectivity index (χ1) is 11.0. The molecule has 0 aromatic heterocycles. The van der Waals surface area contributed by atoms with E-state index in [1.165, 1.54) is 12.8 Å². The first-order valence-corrected chi connectivity index (χ1v) is 8.52. The number of carbonyl (C=O) groups is 2. The highest BCUT2D eigenvalue weighted by molar-refractivity contribution is 5.98. The molecule has 1 fully saturated rings. The predicted molar refractivity (Wildman–Crippen MR) is 90.5 cm³/mol. The summed E-state index contributed by atoms with van der Waals surface area (Å²) in [6.45, 7) is 4.28. The van der Waals surface area contributed by atoms with Crippen molar-refractivity contribution in [2.75, 3.05) is 6.54 Å². The number of rotatable bonds is 7. The van der Waals surface area contributed by atoms with Crippen LogP contribution in [0.2, 0.25) is 0 Å². The molecule has 126 valence electrons. The van der Waals surface area contributed by atoms with Crippen LogP contribution in [0, 0.1) is 19.8 Å². The Labute approximate surface area is 138 Å². The van der Waals surface area contributed by atoms with Gasteiger partial charge in [0.25, 0.3) is 0 Å². The molecule has 0 heterocycles. The molecule has 4 nitrogen and oxygen atoms in total. The number of ketones is 1. The van der Waals surface area contributed by atoms with Crippen molar-refractivity contribution in [3.8, 4) is 0 Å². The molecule has 1 unspecified atom stereocenters. The monoisotopic (exact) mass is 317 g/mol. The Kier molecular flexibility index (Phi) is 6.34. The molecule has 0 bridgehead atoms. The van der Waals surface area contributed by atoms with Gasteiger partial charge in [-0.05, 0) is 49.8 Å². The normalized spacial score (nSPS) is 16.3. The Hall–Kier alpha value is -1.68. The first kappa shape index (κ1) is 17.7. The number of Topliss-reactive ketones (excluding diaryl/α,β-unsaturated/α-hetero) is 1. The van der Waals surface area contributed by atoms with Crippen LogP contribution in [-0.2, 0) is 4.79 Å². The van der Waals surface area contributed by atoms with Crippen molar-refractivity contribution in [3.63, 3.8) is 0 Å². The Morgan fingerprint density at radius 2 is 1.87 bits per heavy atom. The zero-order valence-electron chi connectivity index (χ0n) is 14.1. The summed E-state index contributed by atoms with van der Waals surface area (Å²) in [7, 11) is 0. The second-order valence-corrected chi connectivity index (χ2v) is 6.64. The molecule has 1 amide bonds. The SMILES string of the molecule is Cc1ccc(C(=O)CCC(=O)NCC(O)C2CCCC2)cc1C. The number of hydrogen-bond donors (Lipinski definition) is 2. The van der Waals surface area contributed by atoms with E-state index in [0.717, 1.165) is 24.0 Å². The van der Waals surface area contributed by atoms with Gasteiger partial charge in [0.05, 0.1) is 6.10 Å². The maximum atomic E-state index is 12.1. The zero-order chi connectivity index (χ0) is 16.8. The number of aliphatic hydroxyl groups is 1. The molecule has 0 saturated heterocycles. The molecule has 1 aliphatic rings. The standard InChI is InChI=1S/C19H27NO3/c1-13-7-8-16(11-14(13)2)17(21)9-10-19(23)20-12-18(22)15-5-3-4-6-15/h7-8,11,15,18,22H,3-6,9-10,12H2,1-2H3,(H,20,23). The lowest BCUT2D eigenvalue weighted by molar-refractivity contribution is -0.121. The van der Waals surface area contributed by atoms with Crippen LogP contribution in [0.5, 0.6) is 0 Å². The van der Waals surface area contributed by atoms with Gasteiger partial charge in [0.15, 0.2) is 5.78 Å². The number of benzene rings is 1. The molecular weight excluding hydrogens is 290 g/mol. The molecule has 2 N–H and O–H groups in total. The Morgan fingerprint density at radius 3 is 2.52 bits per heavy atom. The average Bonchev–Trinajstić information content (AvgIpc) is 3.07. The van der Waals surface area contributed by atoms with Crippen LogP contribution in [0.1, 0.15) is 60.0 Å². The maximum absolute atomic E-state index is 12.1. The van der Waals surface area contributed by atoms with E-state index in [0.29, 0.717) is 18.0 Å². The lowest BCUT2D eigenvalue weighted by Gasteiger charge is -2.18. The van der Waals surface area contributed by atoms with Gasteiger partial charge in [-0.3, -0.25) is 9.59 Å². The van der Waals surface area contributed by atoms with Crippen LogP contribution < -0.4 is 5.32 Å². The molecular formula is C19H27NO3. The molecule has 2 rings (SSSR count). The third-order valence-electron chi connectivity index (χ3n) is 4.86. The molecule has 1 aromatic carbocycles. The van der Waals surface area contributed by atoms with E-state index in [2.05, 4.69) is 5.32 Å². The Bertz CT molecular complexity index is 562. The number of nitrogens with one attached hydrogen (secondary N) is 1. The van der Waals surface area contributed by atoms with Crippen molar-refractivity contribution in [1.29, 1.82) is 0 Å². The van der Waals surface area contributed by atoms with Crippen molar-refractivity contribution < 1.29 is 14.7 Å². The fourth-order valence-corrected chi connectivity index (χ4v) is 3.10. The zero-order valence-corrected chi connectivity index (χ0v) is 14.1. The van der Waals surface area contributed by atoms with Crippen molar-refractivity contribution >= 4 is 11.7 Å². The third kappa shape index (κ3) is 5.17. The van der Waals surface area contributed by atoms with Gasteiger partial charge >= 0.3 is 0 Å². The lowest BCUT2D eigenvalue weighted by atomic mass is 10.0. The molecule has 0 radical (unpaired) electrons. The van der Waals surface area contributed by atoms with Crippen molar-refractivity contribution in [2.45, 2.75) is 58.5 Å². The van der Waals surface area contributed by atoms with Crippen LogP contribution in [-0.4, -0.2) is 29.4 Å². The van der Waals surface area contributed by atoms with Crippen LogP contribution in [0.4, 0.5) is 0 Å². The van der Waals surface area contributed by atoms with Gasteiger partial charge in [0.2, 0.25) is 5.91 Å². The predicted octanol–water partition coefficient (Wildman–Crippen LogP) is 2.93. The number of carbonyl (C=O) groups excluding carboxylic acids is 2. The minimum absolute atomic E-state index is 0.0143. The van der Waals surface area contributed by atoms with E-state index >= 15 is 0 Å². The Morgan fingerprint density at radius 1 is 1.17 bits per heavy atom. The van der Waals surface area contributed by atoms with Gasteiger partial charge in [0, 0.05) is 24.9 Å². The fourth-order valence-electron chi connectivity index (χ4n) is 3.10. The van der Waals surface area contributed by atoms with E-state index in [1.54, 1.807) is 0 Å². The molecule has 1 saturated carbocycles. The van der Waals surface area contributed by atoms with Gasteiger partial charge in [-0.2, -0.15) is 0 Å². The maximum Gasteiger partial charge on any atom is 0.220 e. The van der Waals surface area contributed by atoms with Crippen LogP contribution >= 0.6 is 0 Å². The van der Waals surface area contributed by atoms with E-state index in [-0.39, 0.29) is 24.5 Å². The van der Waals surface area contributed by atoms with E-state index in [4.69, 9.17) is 0 Å². The minimum atomic E-state index is -0.461. The average molecular weight is 317 g/mol. The van der Waals surface area contributed by atoms with Crippen LogP contribution in [0.15, 0.2) is 18.2 Å². The lowest BCUT2D eigenvalue weighted by Crippen LogP contribution is -2.35. The van der Waals surface area contributed by atoms with Crippen LogP contribution in [0.3, 0.4) is 0 Å². The second-order valence-electron chi connectivity index (χ2n) is 6.64. The van der Waals surface area contributed by atoms with Gasteiger partial charge < -0.3 is 10.4 Å². The highest BCUT2D eigenvalue weighted by Crippen LogP contribution is 2.27. The minimum Gasteiger partial charge on any atom is -0.391 e. The summed E-state index contributed by atoms with van der Waals surface area (Å²) in [4.78, 5) is 24.0. The van der Waals surface area contributed by atoms with E-state index < -0.39 is 6.10 Å². The summed E-state index contributed by atoms with van der Waals surface area (Å²) < 4.78 is 0. The Balaban J connectivity index is 1.72. The highest BCUT2D eigenvalue weighted by Gasteiger charge is 2.23. The number of aryl methyl sites for hydroxylation is 2. The summed E-state index contributed by atoms with van der Waals surface area (Å²) in [5.74, 6) is 0.131. The molecule has 4 heteroatoms. The van der Waals surface area contributed by atoms with Gasteiger partial charge in [0.1, 0.15) is 0 Å². The smallest absolute Gasteiger partial charge is 0.220 e. The first-order valence-electron chi connectivity index (χ1n) is 8.52. The van der Waals surface area contributed by atoms with Gasteiger partial charge in [-0.25, -0.2) is 0 Å². The van der Waals surface area contributed by atoms with Gasteiger partial charge in [-0.1, -0.05) is 25.0 Å². The quantitative estimate of drug-likeness (QED) is 0.760. The molecule has 1 aliphatic carbocycles. The summed E-state index contributed by atoms with van der Waals surface area (Å²) in [5.41, 5.74) is 2.90. The number of aliphatic hydroxyl groups excluding tert-OH is 1. The molecule has 1 atom stereocenters. The van der Waals surface area contributed by atoms with E-state index in [1.807, 2.05) is 32.0 Å². The van der Waals surface area contributed by atoms with Crippen LogP contribution in [0.25, 0.3) is 0 Å². The molecule has 1 aromatic rings. The number of hydrogen-bond acceptors (Lipinski definition) is 3. The number of amides is 1. The van der Waals surface area contributed by atoms with Crippen molar-refractivity contribution in [3.05, 3.63) is 34.9 Å². The van der Waals surface area contributed by atoms with Crippen molar-refractivity contribution in [2.24, 2.45) is 5.92 Å². The summed E-state index contributed by atoms with van der Waals surface area (Å²) in [5, 5.41) is 12.8. The second kappa shape index (κ2) is 8.25.